The first-order valence-electron chi connectivity index (χ1n) is 5.21. The van der Waals surface area contributed by atoms with Gasteiger partial charge in [0.1, 0.15) is 0 Å². The van der Waals surface area contributed by atoms with Gasteiger partial charge in [-0.2, -0.15) is 11.3 Å². The first-order valence-corrected chi connectivity index (χ1v) is 7.04. The van der Waals surface area contributed by atoms with E-state index in [-0.39, 0.29) is 5.91 Å². The predicted molar refractivity (Wildman–Crippen MR) is 71.3 cm³/mol. The van der Waals surface area contributed by atoms with E-state index in [0.717, 1.165) is 12.1 Å². The summed E-state index contributed by atoms with van der Waals surface area (Å²) in [6.45, 7) is 0.662. The summed E-state index contributed by atoms with van der Waals surface area (Å²) in [6, 6.07) is 2.07. The van der Waals surface area contributed by atoms with Crippen molar-refractivity contribution in [1.29, 1.82) is 0 Å². The second kappa shape index (κ2) is 5.79. The number of anilines is 1. The molecule has 0 atom stereocenters. The smallest absolute Gasteiger partial charge is 0.226 e. The van der Waals surface area contributed by atoms with Crippen LogP contribution >= 0.6 is 22.7 Å². The Morgan fingerprint density at radius 2 is 2.35 bits per heavy atom. The van der Waals surface area contributed by atoms with Gasteiger partial charge in [-0.3, -0.25) is 4.79 Å². The number of thiophene rings is 1. The number of nitrogens with zero attached hydrogens (tertiary/aromatic N) is 1. The molecule has 0 spiro atoms. The van der Waals surface area contributed by atoms with Gasteiger partial charge in [-0.1, -0.05) is 0 Å². The maximum atomic E-state index is 11.6. The molecule has 0 fully saturated rings. The summed E-state index contributed by atoms with van der Waals surface area (Å²) in [5.41, 5.74) is 7.49. The van der Waals surface area contributed by atoms with Crippen molar-refractivity contribution in [3.63, 3.8) is 0 Å². The Labute approximate surface area is 107 Å². The maximum absolute atomic E-state index is 11.6. The second-order valence-corrected chi connectivity index (χ2v) is 5.26. The molecule has 4 nitrogen and oxygen atoms in total. The van der Waals surface area contributed by atoms with Crippen LogP contribution in [0.5, 0.6) is 0 Å². The summed E-state index contributed by atoms with van der Waals surface area (Å²) in [6.07, 6.45) is 1.17. The van der Waals surface area contributed by atoms with Crippen LogP contribution in [-0.4, -0.2) is 17.4 Å². The summed E-state index contributed by atoms with van der Waals surface area (Å²) < 4.78 is 0. The third-order valence-corrected chi connectivity index (χ3v) is 3.68. The number of amides is 1. The van der Waals surface area contributed by atoms with Crippen molar-refractivity contribution in [1.82, 2.24) is 10.3 Å². The number of aromatic nitrogens is 1. The number of rotatable bonds is 5. The fourth-order valence-corrected chi connectivity index (χ4v) is 2.68. The highest BCUT2D eigenvalue weighted by Crippen LogP contribution is 2.11. The quantitative estimate of drug-likeness (QED) is 0.866. The van der Waals surface area contributed by atoms with Crippen molar-refractivity contribution in [2.45, 2.75) is 12.8 Å². The lowest BCUT2D eigenvalue weighted by Crippen LogP contribution is -2.27. The van der Waals surface area contributed by atoms with Crippen LogP contribution in [0.25, 0.3) is 0 Å². The highest BCUT2D eigenvalue weighted by atomic mass is 32.1. The van der Waals surface area contributed by atoms with Crippen LogP contribution in [0, 0.1) is 0 Å². The Morgan fingerprint density at radius 3 is 3.00 bits per heavy atom. The van der Waals surface area contributed by atoms with Gasteiger partial charge < -0.3 is 11.1 Å². The Hall–Kier alpha value is -1.40. The molecule has 0 aliphatic heterocycles. The molecule has 0 aromatic carbocycles. The van der Waals surface area contributed by atoms with E-state index in [2.05, 4.69) is 21.7 Å². The third-order valence-electron chi connectivity index (χ3n) is 2.23. The van der Waals surface area contributed by atoms with Crippen LogP contribution in [0.1, 0.15) is 11.3 Å². The van der Waals surface area contributed by atoms with Crippen LogP contribution in [0.4, 0.5) is 5.13 Å². The Bertz CT molecular complexity index is 479. The molecule has 1 amide bonds. The average Bonchev–Trinajstić information content (AvgIpc) is 2.90. The molecule has 2 aromatic heterocycles. The van der Waals surface area contributed by atoms with Gasteiger partial charge >= 0.3 is 0 Å². The van der Waals surface area contributed by atoms with E-state index in [4.69, 9.17) is 5.73 Å². The Morgan fingerprint density at radius 1 is 1.47 bits per heavy atom. The molecule has 0 unspecified atom stereocenters. The van der Waals surface area contributed by atoms with E-state index in [0.29, 0.717) is 18.1 Å². The summed E-state index contributed by atoms with van der Waals surface area (Å²) in [5.74, 6) is -0.00877. The van der Waals surface area contributed by atoms with Crippen LogP contribution in [-0.2, 0) is 17.6 Å². The number of thiazole rings is 1. The predicted octanol–water partition coefficient (Wildman–Crippen LogP) is 1.69. The minimum Gasteiger partial charge on any atom is -0.375 e. The Kier molecular flexibility index (Phi) is 4.11. The molecule has 3 N–H and O–H groups in total. The molecule has 2 aromatic rings. The maximum Gasteiger partial charge on any atom is 0.226 e. The number of carbonyl (C=O) groups excluding carboxylic acids is 1. The van der Waals surface area contributed by atoms with E-state index in [9.17, 15) is 4.79 Å². The lowest BCUT2D eigenvalue weighted by atomic mass is 10.2. The van der Waals surface area contributed by atoms with Crippen LogP contribution < -0.4 is 11.1 Å². The lowest BCUT2D eigenvalue weighted by Gasteiger charge is -2.02. The summed E-state index contributed by atoms with van der Waals surface area (Å²) in [4.78, 5) is 15.6. The number of carbonyl (C=O) groups is 1. The van der Waals surface area contributed by atoms with Gasteiger partial charge in [0.15, 0.2) is 5.13 Å². The molecule has 0 radical (unpaired) electrons. The second-order valence-electron chi connectivity index (χ2n) is 3.59. The van der Waals surface area contributed by atoms with E-state index in [1.54, 1.807) is 11.3 Å². The highest BCUT2D eigenvalue weighted by molar-refractivity contribution is 7.13. The van der Waals surface area contributed by atoms with Gasteiger partial charge in [0, 0.05) is 11.9 Å². The van der Waals surface area contributed by atoms with E-state index in [1.807, 2.05) is 10.8 Å². The topological polar surface area (TPSA) is 68.0 Å². The van der Waals surface area contributed by atoms with Crippen molar-refractivity contribution < 1.29 is 4.79 Å². The molecule has 0 saturated heterocycles. The Balaban J connectivity index is 1.71. The summed E-state index contributed by atoms with van der Waals surface area (Å²) in [7, 11) is 0. The molecule has 0 saturated carbocycles. The fourth-order valence-electron chi connectivity index (χ4n) is 1.41. The summed E-state index contributed by atoms with van der Waals surface area (Å²) in [5, 5.41) is 9.31. The van der Waals surface area contributed by atoms with Gasteiger partial charge in [-0.15, -0.1) is 11.3 Å². The van der Waals surface area contributed by atoms with Crippen molar-refractivity contribution in [2.75, 3.05) is 12.3 Å². The summed E-state index contributed by atoms with van der Waals surface area (Å²) >= 11 is 3.02. The van der Waals surface area contributed by atoms with Crippen LogP contribution in [0.3, 0.4) is 0 Å². The molecule has 17 heavy (non-hydrogen) atoms. The van der Waals surface area contributed by atoms with E-state index < -0.39 is 0 Å². The molecule has 6 heteroatoms. The zero-order chi connectivity index (χ0) is 12.1. The van der Waals surface area contributed by atoms with Gasteiger partial charge in [-0.05, 0) is 28.8 Å². The van der Waals surface area contributed by atoms with Gasteiger partial charge in [0.25, 0.3) is 0 Å². The van der Waals surface area contributed by atoms with Crippen LogP contribution in [0.15, 0.2) is 22.2 Å². The van der Waals surface area contributed by atoms with E-state index >= 15 is 0 Å². The molecular weight excluding hydrogens is 254 g/mol. The minimum atomic E-state index is -0.00877. The van der Waals surface area contributed by atoms with Gasteiger partial charge in [0.05, 0.1) is 12.1 Å². The normalized spacial score (nSPS) is 10.4. The highest BCUT2D eigenvalue weighted by Gasteiger charge is 2.06. The number of nitrogen functional groups attached to an aromatic ring is 1. The molecule has 0 aliphatic carbocycles. The fraction of sp³-hybridized carbons (Fsp3) is 0.273. The zero-order valence-electron chi connectivity index (χ0n) is 9.18. The standard InChI is InChI=1S/C11H13N3OS2/c12-11-14-9(7-17-11)5-10(15)13-3-1-8-2-4-16-6-8/h2,4,6-7H,1,3,5H2,(H2,12,14)(H,13,15). The lowest BCUT2D eigenvalue weighted by molar-refractivity contribution is -0.120. The van der Waals surface area contributed by atoms with Gasteiger partial charge in [0.2, 0.25) is 5.91 Å². The third kappa shape index (κ3) is 3.83. The molecule has 90 valence electrons. The molecule has 2 heterocycles. The SMILES string of the molecule is Nc1nc(CC(=O)NCCc2ccsc2)cs1. The number of hydrogen-bond acceptors (Lipinski definition) is 5. The van der Waals surface area contributed by atoms with Crippen molar-refractivity contribution in [3.05, 3.63) is 33.5 Å². The monoisotopic (exact) mass is 267 g/mol. The zero-order valence-corrected chi connectivity index (χ0v) is 10.8. The minimum absolute atomic E-state index is 0.00877. The molecule has 0 bridgehead atoms. The van der Waals surface area contributed by atoms with Crippen molar-refractivity contribution >= 4 is 33.7 Å². The average molecular weight is 267 g/mol. The molecule has 0 aliphatic rings. The van der Waals surface area contributed by atoms with Crippen molar-refractivity contribution in [3.8, 4) is 0 Å². The number of hydrogen-bond donors (Lipinski definition) is 2. The van der Waals surface area contributed by atoms with Crippen LogP contribution in [0.2, 0.25) is 0 Å². The number of nitrogens with two attached hydrogens (primary N) is 1. The molecular formula is C11H13N3OS2. The first-order chi connectivity index (χ1) is 8.24. The first kappa shape index (κ1) is 12.1. The largest absolute Gasteiger partial charge is 0.375 e. The number of nitrogens with one attached hydrogen (secondary N) is 1. The molecule has 2 rings (SSSR count). The van der Waals surface area contributed by atoms with E-state index in [1.165, 1.54) is 16.9 Å². The van der Waals surface area contributed by atoms with Crippen molar-refractivity contribution in [2.24, 2.45) is 0 Å². The van der Waals surface area contributed by atoms with Gasteiger partial charge in [-0.25, -0.2) is 4.98 Å².